The molecule has 0 fully saturated rings. The van der Waals surface area contributed by atoms with Gasteiger partial charge in [0.2, 0.25) is 5.91 Å². The fourth-order valence-electron chi connectivity index (χ4n) is 2.11. The van der Waals surface area contributed by atoms with Crippen LogP contribution in [0.4, 0.5) is 0 Å². The molecule has 1 aromatic carbocycles. The zero-order chi connectivity index (χ0) is 15.9. The van der Waals surface area contributed by atoms with Crippen molar-refractivity contribution in [1.82, 2.24) is 10.2 Å². The van der Waals surface area contributed by atoms with E-state index < -0.39 is 0 Å². The molecule has 6 heteroatoms. The Bertz CT molecular complexity index is 617. The number of rotatable bonds is 7. The van der Waals surface area contributed by atoms with Crippen LogP contribution in [0, 0.1) is 0 Å². The van der Waals surface area contributed by atoms with Crippen LogP contribution < -0.4 is 5.32 Å². The minimum Gasteiger partial charge on any atom is -0.355 e. The average molecular weight is 357 g/mol. The third-order valence-corrected chi connectivity index (χ3v) is 4.50. The largest absolute Gasteiger partial charge is 0.355 e. The first-order chi connectivity index (χ1) is 10.5. The predicted octanol–water partition coefficient (Wildman–Crippen LogP) is 3.85. The molecule has 0 unspecified atom stereocenters. The minimum absolute atomic E-state index is 0.0165. The lowest BCUT2D eigenvalue weighted by Crippen LogP contribution is -2.35. The number of carbonyl (C=O) groups excluding carboxylic acids is 1. The first kappa shape index (κ1) is 17.3. The van der Waals surface area contributed by atoms with Gasteiger partial charge in [0, 0.05) is 23.1 Å². The van der Waals surface area contributed by atoms with Crippen LogP contribution in [0.2, 0.25) is 10.0 Å². The van der Waals surface area contributed by atoms with Crippen molar-refractivity contribution < 1.29 is 4.79 Å². The highest BCUT2D eigenvalue weighted by molar-refractivity contribution is 7.07. The number of halogens is 2. The highest BCUT2D eigenvalue weighted by atomic mass is 35.5. The van der Waals surface area contributed by atoms with Gasteiger partial charge in [-0.25, -0.2) is 0 Å². The van der Waals surface area contributed by atoms with Crippen LogP contribution in [-0.4, -0.2) is 30.9 Å². The van der Waals surface area contributed by atoms with Gasteiger partial charge >= 0.3 is 0 Å². The molecule has 0 aliphatic rings. The molecule has 0 radical (unpaired) electrons. The van der Waals surface area contributed by atoms with Crippen LogP contribution >= 0.6 is 34.5 Å². The second kappa shape index (κ2) is 8.53. The number of nitrogens with zero attached hydrogens (tertiary/aromatic N) is 1. The minimum atomic E-state index is 0.0165. The highest BCUT2D eigenvalue weighted by Crippen LogP contribution is 2.21. The van der Waals surface area contributed by atoms with E-state index in [4.69, 9.17) is 23.2 Å². The average Bonchev–Trinajstić information content (AvgIpc) is 2.93. The third-order valence-electron chi connectivity index (χ3n) is 3.18. The van der Waals surface area contributed by atoms with Crippen molar-refractivity contribution in [1.29, 1.82) is 0 Å². The molecule has 3 nitrogen and oxygen atoms in total. The van der Waals surface area contributed by atoms with Crippen molar-refractivity contribution >= 4 is 40.4 Å². The van der Waals surface area contributed by atoms with Gasteiger partial charge in [0.05, 0.1) is 6.54 Å². The molecule has 118 valence electrons. The molecule has 0 aliphatic carbocycles. The van der Waals surface area contributed by atoms with Crippen LogP contribution in [0.1, 0.15) is 11.1 Å². The first-order valence-corrected chi connectivity index (χ1v) is 8.64. The van der Waals surface area contributed by atoms with Crippen molar-refractivity contribution in [2.45, 2.75) is 13.0 Å². The van der Waals surface area contributed by atoms with E-state index in [1.165, 1.54) is 5.56 Å². The molecule has 1 amide bonds. The van der Waals surface area contributed by atoms with E-state index in [9.17, 15) is 4.79 Å². The number of benzene rings is 1. The lowest BCUT2D eigenvalue weighted by atomic mass is 10.1. The number of likely N-dealkylation sites (N-methyl/N-ethyl adjacent to an activating group) is 1. The van der Waals surface area contributed by atoms with Gasteiger partial charge in [0.25, 0.3) is 0 Å². The van der Waals surface area contributed by atoms with Gasteiger partial charge in [0.15, 0.2) is 0 Å². The summed E-state index contributed by atoms with van der Waals surface area (Å²) in [6.07, 6.45) is 0.690. The third kappa shape index (κ3) is 5.61. The summed E-state index contributed by atoms with van der Waals surface area (Å²) in [5.41, 5.74) is 2.21. The second-order valence-corrected chi connectivity index (χ2v) is 6.76. The Morgan fingerprint density at radius 1 is 1.32 bits per heavy atom. The van der Waals surface area contributed by atoms with Crippen LogP contribution in [0.3, 0.4) is 0 Å². The molecule has 0 saturated heterocycles. The number of amides is 1. The van der Waals surface area contributed by atoms with Crippen LogP contribution in [0.25, 0.3) is 0 Å². The fourth-order valence-corrected chi connectivity index (χ4v) is 3.28. The van der Waals surface area contributed by atoms with E-state index in [1.807, 2.05) is 23.4 Å². The summed E-state index contributed by atoms with van der Waals surface area (Å²) in [5, 5.41) is 8.30. The quantitative estimate of drug-likeness (QED) is 0.817. The molecular weight excluding hydrogens is 339 g/mol. The molecule has 0 atom stereocenters. The predicted molar refractivity (Wildman–Crippen MR) is 93.8 cm³/mol. The number of thiophene rings is 1. The summed E-state index contributed by atoms with van der Waals surface area (Å²) in [4.78, 5) is 13.9. The normalized spacial score (nSPS) is 10.9. The number of hydrogen-bond donors (Lipinski definition) is 1. The van der Waals surface area contributed by atoms with Gasteiger partial charge in [-0.3, -0.25) is 9.69 Å². The Kier molecular flexibility index (Phi) is 6.70. The van der Waals surface area contributed by atoms with E-state index >= 15 is 0 Å². The molecule has 0 saturated carbocycles. The molecule has 2 rings (SSSR count). The number of nitrogens with one attached hydrogen (secondary N) is 1. The van der Waals surface area contributed by atoms with Gasteiger partial charge in [-0.1, -0.05) is 29.3 Å². The van der Waals surface area contributed by atoms with Crippen molar-refractivity contribution in [3.05, 3.63) is 56.2 Å². The maximum absolute atomic E-state index is 11.9. The standard InChI is InChI=1S/C16H18Cl2N2OS/c1-20(9-12-5-7-22-11-12)10-16(21)19-6-4-13-2-3-14(17)8-15(13)18/h2-3,5,7-8,11H,4,6,9-10H2,1H3,(H,19,21). The zero-order valence-corrected chi connectivity index (χ0v) is 14.6. The summed E-state index contributed by atoms with van der Waals surface area (Å²) in [5.74, 6) is 0.0165. The molecule has 22 heavy (non-hydrogen) atoms. The molecule has 2 aromatic rings. The Balaban J connectivity index is 1.71. The fraction of sp³-hybridized carbons (Fsp3) is 0.312. The van der Waals surface area contributed by atoms with E-state index in [1.54, 1.807) is 23.5 Å². The van der Waals surface area contributed by atoms with E-state index in [-0.39, 0.29) is 5.91 Å². The smallest absolute Gasteiger partial charge is 0.234 e. The molecule has 1 aromatic heterocycles. The Labute approximate surface area is 144 Å². The highest BCUT2D eigenvalue weighted by Gasteiger charge is 2.08. The van der Waals surface area contributed by atoms with Gasteiger partial charge in [-0.15, -0.1) is 0 Å². The van der Waals surface area contributed by atoms with E-state index in [2.05, 4.69) is 16.8 Å². The second-order valence-electron chi connectivity index (χ2n) is 5.14. The van der Waals surface area contributed by atoms with Gasteiger partial charge in [-0.05, 0) is 53.6 Å². The van der Waals surface area contributed by atoms with Crippen molar-refractivity contribution in [3.8, 4) is 0 Å². The van der Waals surface area contributed by atoms with Gasteiger partial charge in [0.1, 0.15) is 0 Å². The maximum atomic E-state index is 11.9. The van der Waals surface area contributed by atoms with Gasteiger partial charge < -0.3 is 5.32 Å². The lowest BCUT2D eigenvalue weighted by molar-refractivity contribution is -0.122. The summed E-state index contributed by atoms with van der Waals surface area (Å²) >= 11 is 13.6. The monoisotopic (exact) mass is 356 g/mol. The Hall–Kier alpha value is -1.07. The van der Waals surface area contributed by atoms with E-state index in [0.717, 1.165) is 12.1 Å². The zero-order valence-electron chi connectivity index (χ0n) is 12.3. The summed E-state index contributed by atoms with van der Waals surface area (Å²) < 4.78 is 0. The van der Waals surface area contributed by atoms with Crippen LogP contribution in [-0.2, 0) is 17.8 Å². The summed E-state index contributed by atoms with van der Waals surface area (Å²) in [6, 6.07) is 7.48. The Morgan fingerprint density at radius 2 is 2.14 bits per heavy atom. The summed E-state index contributed by atoms with van der Waals surface area (Å²) in [6.45, 7) is 1.72. The van der Waals surface area contributed by atoms with E-state index in [0.29, 0.717) is 29.6 Å². The lowest BCUT2D eigenvalue weighted by Gasteiger charge is -2.15. The van der Waals surface area contributed by atoms with Crippen molar-refractivity contribution in [3.63, 3.8) is 0 Å². The number of carbonyl (C=O) groups is 1. The topological polar surface area (TPSA) is 32.3 Å². The summed E-state index contributed by atoms with van der Waals surface area (Å²) in [7, 11) is 1.94. The number of hydrogen-bond acceptors (Lipinski definition) is 3. The van der Waals surface area contributed by atoms with Crippen molar-refractivity contribution in [2.24, 2.45) is 0 Å². The molecule has 0 aliphatic heterocycles. The molecule has 1 heterocycles. The van der Waals surface area contributed by atoms with Crippen LogP contribution in [0.15, 0.2) is 35.0 Å². The molecular formula is C16H18Cl2N2OS. The first-order valence-electron chi connectivity index (χ1n) is 6.95. The molecule has 1 N–H and O–H groups in total. The van der Waals surface area contributed by atoms with Gasteiger partial charge in [-0.2, -0.15) is 11.3 Å². The maximum Gasteiger partial charge on any atom is 0.234 e. The van der Waals surface area contributed by atoms with Crippen molar-refractivity contribution in [2.75, 3.05) is 20.1 Å². The molecule has 0 spiro atoms. The Morgan fingerprint density at radius 3 is 2.82 bits per heavy atom. The molecule has 0 bridgehead atoms. The van der Waals surface area contributed by atoms with Crippen LogP contribution in [0.5, 0.6) is 0 Å². The SMILES string of the molecule is CN(CC(=O)NCCc1ccc(Cl)cc1Cl)Cc1ccsc1.